The summed E-state index contributed by atoms with van der Waals surface area (Å²) in [5.74, 6) is 0.317. The van der Waals surface area contributed by atoms with Gasteiger partial charge >= 0.3 is 0 Å². The normalized spacial score (nSPS) is 20.6. The van der Waals surface area contributed by atoms with Crippen LogP contribution in [0.25, 0.3) is 0 Å². The van der Waals surface area contributed by atoms with E-state index in [2.05, 4.69) is 16.7 Å². The first-order valence-corrected chi connectivity index (χ1v) is 11.6. The van der Waals surface area contributed by atoms with Crippen molar-refractivity contribution >= 4 is 15.9 Å². The fraction of sp³-hybridized carbons (Fsp3) is 0.409. The molecular formula is C22H27N3O3S. The Morgan fingerprint density at radius 1 is 1.07 bits per heavy atom. The smallest absolute Gasteiger partial charge is 0.254 e. The third-order valence-electron chi connectivity index (χ3n) is 5.68. The van der Waals surface area contributed by atoms with Gasteiger partial charge in [0.2, 0.25) is 10.0 Å². The topological polar surface area (TPSA) is 69.7 Å². The van der Waals surface area contributed by atoms with Crippen molar-refractivity contribution in [1.82, 2.24) is 14.5 Å². The summed E-state index contributed by atoms with van der Waals surface area (Å²) in [4.78, 5) is 17.6. The van der Waals surface area contributed by atoms with Crippen LogP contribution in [0.1, 0.15) is 34.8 Å². The monoisotopic (exact) mass is 413 g/mol. The van der Waals surface area contributed by atoms with Crippen LogP contribution < -0.4 is 4.72 Å². The molecule has 154 valence electrons. The molecule has 0 unspecified atom stereocenters. The quantitative estimate of drug-likeness (QED) is 0.790. The summed E-state index contributed by atoms with van der Waals surface area (Å²) < 4.78 is 27.9. The molecule has 1 N–H and O–H groups in total. The molecule has 1 aliphatic heterocycles. The van der Waals surface area contributed by atoms with Crippen LogP contribution in [0.3, 0.4) is 0 Å². The molecule has 2 aliphatic rings. The number of likely N-dealkylation sites (N-methyl/N-ethyl adjacent to an activating group) is 1. The van der Waals surface area contributed by atoms with Gasteiger partial charge in [-0.2, -0.15) is 0 Å². The first-order chi connectivity index (χ1) is 13.9. The molecule has 1 atom stereocenters. The molecule has 29 heavy (non-hydrogen) atoms. The number of rotatable bonds is 6. The number of amides is 1. The SMILES string of the molecule is CN1CCN(C(=O)c2cccc(S(=O)(=O)NCC3CC3)c2)[C@H](c2ccccc2)C1. The van der Waals surface area contributed by atoms with Crippen LogP contribution in [0, 0.1) is 5.92 Å². The van der Waals surface area contributed by atoms with Crippen LogP contribution in [0.4, 0.5) is 0 Å². The standard InChI is InChI=1S/C22H27N3O3S/c1-24-12-13-25(21(16-24)18-6-3-2-4-7-18)22(26)19-8-5-9-20(14-19)29(27,28)23-15-17-10-11-17/h2-9,14,17,21,23H,10-13,15-16H2,1H3/t21-/m0/s1. The zero-order valence-corrected chi connectivity index (χ0v) is 17.4. The largest absolute Gasteiger partial charge is 0.329 e. The number of carbonyl (C=O) groups is 1. The van der Waals surface area contributed by atoms with Gasteiger partial charge in [-0.05, 0) is 49.6 Å². The Morgan fingerprint density at radius 2 is 1.83 bits per heavy atom. The minimum Gasteiger partial charge on any atom is -0.329 e. The lowest BCUT2D eigenvalue weighted by Crippen LogP contribution is -2.49. The molecule has 1 saturated heterocycles. The Kier molecular flexibility index (Phi) is 5.72. The molecule has 6 nitrogen and oxygen atoms in total. The number of hydrogen-bond donors (Lipinski definition) is 1. The average Bonchev–Trinajstić information content (AvgIpc) is 3.57. The highest BCUT2D eigenvalue weighted by molar-refractivity contribution is 7.89. The number of nitrogens with zero attached hydrogens (tertiary/aromatic N) is 2. The molecule has 0 bridgehead atoms. The molecule has 2 aromatic rings. The van der Waals surface area contributed by atoms with Crippen LogP contribution >= 0.6 is 0 Å². The van der Waals surface area contributed by atoms with E-state index in [1.54, 1.807) is 18.2 Å². The number of sulfonamides is 1. The molecule has 0 aromatic heterocycles. The maximum absolute atomic E-state index is 13.3. The zero-order chi connectivity index (χ0) is 20.4. The number of nitrogens with one attached hydrogen (secondary N) is 1. The number of piperazine rings is 1. The van der Waals surface area contributed by atoms with Crippen molar-refractivity contribution in [3.63, 3.8) is 0 Å². The van der Waals surface area contributed by atoms with Gasteiger partial charge in [0.25, 0.3) is 5.91 Å². The second kappa shape index (κ2) is 8.26. The van der Waals surface area contributed by atoms with E-state index in [1.807, 2.05) is 35.2 Å². The van der Waals surface area contributed by atoms with Crippen molar-refractivity contribution in [2.75, 3.05) is 33.2 Å². The third-order valence-corrected chi connectivity index (χ3v) is 7.10. The summed E-state index contributed by atoms with van der Waals surface area (Å²) in [5, 5.41) is 0. The number of benzene rings is 2. The van der Waals surface area contributed by atoms with Crippen LogP contribution in [-0.2, 0) is 10.0 Å². The van der Waals surface area contributed by atoms with E-state index in [4.69, 9.17) is 0 Å². The zero-order valence-electron chi connectivity index (χ0n) is 16.6. The maximum atomic E-state index is 13.3. The van der Waals surface area contributed by atoms with E-state index in [9.17, 15) is 13.2 Å². The highest BCUT2D eigenvalue weighted by atomic mass is 32.2. The first-order valence-electron chi connectivity index (χ1n) is 10.1. The van der Waals surface area contributed by atoms with Crippen molar-refractivity contribution in [3.05, 3.63) is 65.7 Å². The van der Waals surface area contributed by atoms with Crippen molar-refractivity contribution in [2.24, 2.45) is 5.92 Å². The van der Waals surface area contributed by atoms with E-state index in [0.717, 1.165) is 31.5 Å². The van der Waals surface area contributed by atoms with Crippen LogP contribution in [0.5, 0.6) is 0 Å². The lowest BCUT2D eigenvalue weighted by atomic mass is 10.0. The second-order valence-corrected chi connectivity index (χ2v) is 9.78. The third kappa shape index (κ3) is 4.69. The van der Waals surface area contributed by atoms with Crippen LogP contribution in [0.15, 0.2) is 59.5 Å². The Bertz CT molecular complexity index is 974. The van der Waals surface area contributed by atoms with Gasteiger partial charge in [-0.3, -0.25) is 4.79 Å². The molecule has 1 aliphatic carbocycles. The van der Waals surface area contributed by atoms with E-state index >= 15 is 0 Å². The fourth-order valence-corrected chi connectivity index (χ4v) is 4.88. The lowest BCUT2D eigenvalue weighted by molar-refractivity contribution is 0.0498. The Hall–Kier alpha value is -2.22. The van der Waals surface area contributed by atoms with Crippen molar-refractivity contribution in [1.29, 1.82) is 0 Å². The van der Waals surface area contributed by atoms with E-state index < -0.39 is 10.0 Å². The summed E-state index contributed by atoms with van der Waals surface area (Å²) in [6, 6.07) is 16.3. The Labute approximate surface area is 172 Å². The van der Waals surface area contributed by atoms with E-state index in [1.165, 1.54) is 6.07 Å². The molecule has 2 fully saturated rings. The van der Waals surface area contributed by atoms with Gasteiger partial charge in [0.05, 0.1) is 10.9 Å². The maximum Gasteiger partial charge on any atom is 0.254 e. The molecule has 0 radical (unpaired) electrons. The summed E-state index contributed by atoms with van der Waals surface area (Å²) >= 11 is 0. The van der Waals surface area contributed by atoms with Crippen molar-refractivity contribution in [3.8, 4) is 0 Å². The van der Waals surface area contributed by atoms with E-state index in [-0.39, 0.29) is 16.8 Å². The minimum atomic E-state index is -3.61. The van der Waals surface area contributed by atoms with Gasteiger partial charge in [0.1, 0.15) is 0 Å². The second-order valence-electron chi connectivity index (χ2n) is 8.01. The van der Waals surface area contributed by atoms with Crippen LogP contribution in [0.2, 0.25) is 0 Å². The predicted molar refractivity (Wildman–Crippen MR) is 112 cm³/mol. The van der Waals surface area contributed by atoms with E-state index in [0.29, 0.717) is 24.6 Å². The van der Waals surface area contributed by atoms with Gasteiger partial charge in [0, 0.05) is 31.7 Å². The van der Waals surface area contributed by atoms with Gasteiger partial charge in [-0.15, -0.1) is 0 Å². The molecular weight excluding hydrogens is 386 g/mol. The highest BCUT2D eigenvalue weighted by Gasteiger charge is 2.31. The number of carbonyl (C=O) groups excluding carboxylic acids is 1. The highest BCUT2D eigenvalue weighted by Crippen LogP contribution is 2.29. The molecule has 0 spiro atoms. The summed E-state index contributed by atoms with van der Waals surface area (Å²) in [7, 11) is -1.55. The lowest BCUT2D eigenvalue weighted by Gasteiger charge is -2.40. The molecule has 2 aromatic carbocycles. The minimum absolute atomic E-state index is 0.0595. The summed E-state index contributed by atoms with van der Waals surface area (Å²) in [5.41, 5.74) is 1.49. The molecule has 1 amide bonds. The number of hydrogen-bond acceptors (Lipinski definition) is 4. The summed E-state index contributed by atoms with van der Waals surface area (Å²) in [6.07, 6.45) is 2.15. The van der Waals surface area contributed by atoms with Crippen molar-refractivity contribution in [2.45, 2.75) is 23.8 Å². The van der Waals surface area contributed by atoms with Gasteiger partial charge < -0.3 is 9.80 Å². The van der Waals surface area contributed by atoms with Crippen LogP contribution in [-0.4, -0.2) is 57.4 Å². The molecule has 4 rings (SSSR count). The Balaban J connectivity index is 1.58. The predicted octanol–water partition coefficient (Wildman–Crippen LogP) is 2.50. The van der Waals surface area contributed by atoms with Gasteiger partial charge in [-0.25, -0.2) is 13.1 Å². The Morgan fingerprint density at radius 3 is 2.55 bits per heavy atom. The molecule has 1 heterocycles. The van der Waals surface area contributed by atoms with Gasteiger partial charge in [0.15, 0.2) is 0 Å². The fourth-order valence-electron chi connectivity index (χ4n) is 3.72. The average molecular weight is 414 g/mol. The molecule has 1 saturated carbocycles. The molecule has 7 heteroatoms. The van der Waals surface area contributed by atoms with Gasteiger partial charge in [-0.1, -0.05) is 36.4 Å². The first kappa shape index (κ1) is 20.1. The summed E-state index contributed by atoms with van der Waals surface area (Å²) in [6.45, 7) is 2.60. The van der Waals surface area contributed by atoms with Crippen molar-refractivity contribution < 1.29 is 13.2 Å².